The molecule has 0 aromatic carbocycles. The number of hydrogen-bond acceptors (Lipinski definition) is 4. The minimum atomic E-state index is -3.48. The topological polar surface area (TPSA) is 66.5 Å². The summed E-state index contributed by atoms with van der Waals surface area (Å²) in [6, 6.07) is 3.35. The number of amides is 1. The van der Waals surface area contributed by atoms with Gasteiger partial charge in [0.1, 0.15) is 4.21 Å². The fraction of sp³-hybridized carbons (Fsp3) is 0.667. The lowest BCUT2D eigenvalue weighted by Gasteiger charge is -2.34. The lowest BCUT2D eigenvalue weighted by molar-refractivity contribution is -0.118. The van der Waals surface area contributed by atoms with Crippen LogP contribution in [0.4, 0.5) is 0 Å². The zero-order valence-corrected chi connectivity index (χ0v) is 15.8. The molecule has 5 nitrogen and oxygen atoms in total. The van der Waals surface area contributed by atoms with Gasteiger partial charge in [-0.05, 0) is 30.9 Å². The molecule has 1 atom stereocenters. The molecular weight excluding hydrogens is 320 g/mol. The Morgan fingerprint density at radius 2 is 1.95 bits per heavy atom. The quantitative estimate of drug-likeness (QED) is 0.860. The molecule has 0 fully saturated rings. The van der Waals surface area contributed by atoms with Gasteiger partial charge >= 0.3 is 0 Å². The number of thiophene rings is 1. The van der Waals surface area contributed by atoms with E-state index in [1.54, 1.807) is 13.1 Å². The second-order valence-electron chi connectivity index (χ2n) is 6.52. The van der Waals surface area contributed by atoms with Crippen molar-refractivity contribution in [2.24, 2.45) is 5.41 Å². The standard InChI is InChI=1S/C15H26N2O3S2/c1-11(15(3,4)5)17(6)22(19,20)14-8-7-13(21-14)9-10-16-12(2)18/h7-8,11H,9-10H2,1-6H3,(H,16,18)/t11-/m0/s1. The third-order valence-corrected chi connectivity index (χ3v) is 7.36. The molecule has 0 aliphatic carbocycles. The Balaban J connectivity index is 2.86. The van der Waals surface area contributed by atoms with Crippen molar-refractivity contribution in [1.82, 2.24) is 9.62 Å². The van der Waals surface area contributed by atoms with E-state index in [0.717, 1.165) is 4.88 Å². The average Bonchev–Trinajstić information content (AvgIpc) is 2.84. The second-order valence-corrected chi connectivity index (χ2v) is 9.91. The van der Waals surface area contributed by atoms with Crippen molar-refractivity contribution in [2.45, 2.75) is 51.3 Å². The summed E-state index contributed by atoms with van der Waals surface area (Å²) in [6.45, 7) is 9.98. The maximum absolute atomic E-state index is 12.7. The molecule has 0 aliphatic rings. The van der Waals surface area contributed by atoms with Crippen molar-refractivity contribution in [2.75, 3.05) is 13.6 Å². The van der Waals surface area contributed by atoms with Crippen LogP contribution in [-0.2, 0) is 21.2 Å². The van der Waals surface area contributed by atoms with Gasteiger partial charge in [0.15, 0.2) is 0 Å². The van der Waals surface area contributed by atoms with E-state index in [2.05, 4.69) is 5.32 Å². The van der Waals surface area contributed by atoms with E-state index < -0.39 is 10.0 Å². The average molecular weight is 347 g/mol. The lowest BCUT2D eigenvalue weighted by Crippen LogP contribution is -2.42. The highest BCUT2D eigenvalue weighted by Gasteiger charge is 2.33. The Bertz CT molecular complexity index is 615. The Morgan fingerprint density at radius 1 is 1.36 bits per heavy atom. The summed E-state index contributed by atoms with van der Waals surface area (Å²) in [5.74, 6) is -0.0804. The monoisotopic (exact) mass is 346 g/mol. The highest BCUT2D eigenvalue weighted by atomic mass is 32.2. The number of sulfonamides is 1. The van der Waals surface area contributed by atoms with Gasteiger partial charge in [-0.1, -0.05) is 20.8 Å². The molecule has 22 heavy (non-hydrogen) atoms. The van der Waals surface area contributed by atoms with Gasteiger partial charge in [-0.25, -0.2) is 8.42 Å². The Morgan fingerprint density at radius 3 is 2.45 bits per heavy atom. The highest BCUT2D eigenvalue weighted by molar-refractivity contribution is 7.91. The first-order valence-corrected chi connectivity index (χ1v) is 9.53. The van der Waals surface area contributed by atoms with Gasteiger partial charge in [0.2, 0.25) is 5.91 Å². The Labute approximate surface area is 137 Å². The van der Waals surface area contributed by atoms with E-state index in [-0.39, 0.29) is 17.4 Å². The Hall–Kier alpha value is -0.920. The normalized spacial score (nSPS) is 14.1. The maximum atomic E-state index is 12.7. The molecule has 1 heterocycles. The van der Waals surface area contributed by atoms with Gasteiger partial charge in [0.05, 0.1) is 0 Å². The molecule has 0 bridgehead atoms. The molecule has 0 unspecified atom stereocenters. The number of nitrogens with zero attached hydrogens (tertiary/aromatic N) is 1. The molecule has 0 saturated carbocycles. The first kappa shape index (κ1) is 19.1. The van der Waals surface area contributed by atoms with E-state index in [9.17, 15) is 13.2 Å². The van der Waals surface area contributed by atoms with Crippen molar-refractivity contribution in [3.05, 3.63) is 17.0 Å². The van der Waals surface area contributed by atoms with E-state index >= 15 is 0 Å². The summed E-state index contributed by atoms with van der Waals surface area (Å²) < 4.78 is 27.2. The number of carbonyl (C=O) groups excluding carboxylic acids is 1. The van der Waals surface area contributed by atoms with Gasteiger partial charge in [0.25, 0.3) is 10.0 Å². The SMILES string of the molecule is CC(=O)NCCc1ccc(S(=O)(=O)N(C)[C@@H](C)C(C)(C)C)s1. The zero-order chi connectivity index (χ0) is 17.1. The molecule has 126 valence electrons. The summed E-state index contributed by atoms with van der Waals surface area (Å²) in [7, 11) is -1.85. The molecule has 1 amide bonds. The van der Waals surface area contributed by atoms with Crippen molar-refractivity contribution < 1.29 is 13.2 Å². The maximum Gasteiger partial charge on any atom is 0.252 e. The molecule has 1 aromatic heterocycles. The van der Waals surface area contributed by atoms with Crippen LogP contribution >= 0.6 is 11.3 Å². The number of nitrogens with one attached hydrogen (secondary N) is 1. The van der Waals surface area contributed by atoms with E-state index in [0.29, 0.717) is 17.2 Å². The molecule has 0 saturated heterocycles. The van der Waals surface area contributed by atoms with Crippen LogP contribution < -0.4 is 5.32 Å². The largest absolute Gasteiger partial charge is 0.356 e. The molecule has 1 aromatic rings. The third kappa shape index (κ3) is 4.79. The van der Waals surface area contributed by atoms with Gasteiger partial charge in [-0.2, -0.15) is 4.31 Å². The van der Waals surface area contributed by atoms with Crippen LogP contribution in [0.5, 0.6) is 0 Å². The van der Waals surface area contributed by atoms with Crippen molar-refractivity contribution in [3.63, 3.8) is 0 Å². The van der Waals surface area contributed by atoms with Crippen LogP contribution in [0.3, 0.4) is 0 Å². The smallest absolute Gasteiger partial charge is 0.252 e. The molecule has 0 spiro atoms. The van der Waals surface area contributed by atoms with E-state index in [1.807, 2.05) is 33.8 Å². The summed E-state index contributed by atoms with van der Waals surface area (Å²) in [6.07, 6.45) is 0.637. The minimum Gasteiger partial charge on any atom is -0.356 e. The molecule has 7 heteroatoms. The predicted octanol–water partition coefficient (Wildman–Crippen LogP) is 2.48. The van der Waals surface area contributed by atoms with Crippen molar-refractivity contribution in [3.8, 4) is 0 Å². The number of hydrogen-bond donors (Lipinski definition) is 1. The van der Waals surface area contributed by atoms with Crippen LogP contribution in [0.15, 0.2) is 16.3 Å². The molecule has 1 N–H and O–H groups in total. The molecular formula is C15H26N2O3S2. The molecule has 1 rings (SSSR count). The van der Waals surface area contributed by atoms with Gasteiger partial charge < -0.3 is 5.32 Å². The van der Waals surface area contributed by atoms with E-state index in [1.165, 1.54) is 22.6 Å². The molecule has 0 radical (unpaired) electrons. The van der Waals surface area contributed by atoms with Crippen molar-refractivity contribution in [1.29, 1.82) is 0 Å². The second kappa shape index (κ2) is 7.10. The van der Waals surface area contributed by atoms with Crippen LogP contribution in [0, 0.1) is 5.41 Å². The van der Waals surface area contributed by atoms with Gasteiger partial charge in [0, 0.05) is 31.4 Å². The fourth-order valence-corrected chi connectivity index (χ4v) is 4.97. The van der Waals surface area contributed by atoms with Crippen LogP contribution in [0.2, 0.25) is 0 Å². The van der Waals surface area contributed by atoms with Crippen molar-refractivity contribution >= 4 is 27.3 Å². The minimum absolute atomic E-state index is 0.0804. The number of rotatable bonds is 6. The summed E-state index contributed by atoms with van der Waals surface area (Å²) in [4.78, 5) is 11.8. The summed E-state index contributed by atoms with van der Waals surface area (Å²) >= 11 is 1.27. The van der Waals surface area contributed by atoms with Crippen LogP contribution in [-0.4, -0.2) is 38.3 Å². The molecule has 0 aliphatic heterocycles. The first-order chi connectivity index (χ1) is 9.96. The highest BCUT2D eigenvalue weighted by Crippen LogP contribution is 2.30. The Kier molecular flexibility index (Phi) is 6.18. The van der Waals surface area contributed by atoms with Gasteiger partial charge in [-0.15, -0.1) is 11.3 Å². The first-order valence-electron chi connectivity index (χ1n) is 7.27. The van der Waals surface area contributed by atoms with Crippen LogP contribution in [0.25, 0.3) is 0 Å². The predicted molar refractivity (Wildman–Crippen MR) is 90.6 cm³/mol. The summed E-state index contributed by atoms with van der Waals surface area (Å²) in [5.41, 5.74) is -0.132. The van der Waals surface area contributed by atoms with Crippen LogP contribution in [0.1, 0.15) is 39.5 Å². The third-order valence-electron chi connectivity index (χ3n) is 3.81. The summed E-state index contributed by atoms with van der Waals surface area (Å²) in [5, 5.41) is 2.71. The fourth-order valence-electron chi connectivity index (χ4n) is 1.89. The zero-order valence-electron chi connectivity index (χ0n) is 14.1. The lowest BCUT2D eigenvalue weighted by atomic mass is 9.88. The number of carbonyl (C=O) groups is 1. The van der Waals surface area contributed by atoms with E-state index in [4.69, 9.17) is 0 Å². The van der Waals surface area contributed by atoms with Gasteiger partial charge in [-0.3, -0.25) is 4.79 Å².